The SMILES string of the molecule is COc1ncc2c(N3CC(C)NC(C)C3)ccc(C(=O)Nc3ccc4c(=O)cc(C)oc4c3)c2n1. The average Bonchev–Trinajstić information content (AvgIpc) is 2.81. The van der Waals surface area contributed by atoms with Crippen LogP contribution >= 0.6 is 0 Å². The van der Waals surface area contributed by atoms with E-state index in [0.29, 0.717) is 45.6 Å². The van der Waals surface area contributed by atoms with Crippen molar-refractivity contribution in [2.75, 3.05) is 30.4 Å². The van der Waals surface area contributed by atoms with Crippen LogP contribution in [0, 0.1) is 6.92 Å². The van der Waals surface area contributed by atoms with Gasteiger partial charge in [-0.25, -0.2) is 4.98 Å². The molecule has 0 radical (unpaired) electrons. The van der Waals surface area contributed by atoms with E-state index in [1.165, 1.54) is 13.2 Å². The fourth-order valence-corrected chi connectivity index (χ4v) is 4.72. The number of fused-ring (bicyclic) bond motifs is 2. The molecule has 1 amide bonds. The van der Waals surface area contributed by atoms with E-state index in [2.05, 4.69) is 39.3 Å². The van der Waals surface area contributed by atoms with Crippen LogP contribution in [0.2, 0.25) is 0 Å². The molecule has 0 bridgehead atoms. The second-order valence-electron chi connectivity index (χ2n) is 9.01. The first kappa shape index (κ1) is 22.8. The molecular weight excluding hydrogens is 446 g/mol. The van der Waals surface area contributed by atoms with E-state index in [9.17, 15) is 9.59 Å². The highest BCUT2D eigenvalue weighted by atomic mass is 16.5. The van der Waals surface area contributed by atoms with E-state index in [-0.39, 0.29) is 17.3 Å². The lowest BCUT2D eigenvalue weighted by Crippen LogP contribution is -2.54. The number of ether oxygens (including phenoxy) is 1. The number of carbonyl (C=O) groups is 1. The number of piperazine rings is 1. The highest BCUT2D eigenvalue weighted by molar-refractivity contribution is 6.14. The number of aryl methyl sites for hydroxylation is 1. The number of methoxy groups -OCH3 is 1. The Balaban J connectivity index is 1.54. The van der Waals surface area contributed by atoms with Crippen LogP contribution in [0.5, 0.6) is 6.01 Å². The number of benzene rings is 2. The summed E-state index contributed by atoms with van der Waals surface area (Å²) in [5.74, 6) is 0.173. The van der Waals surface area contributed by atoms with Gasteiger partial charge in [-0.3, -0.25) is 9.59 Å². The first-order chi connectivity index (χ1) is 16.8. The Morgan fingerprint density at radius 3 is 2.66 bits per heavy atom. The van der Waals surface area contributed by atoms with Gasteiger partial charge in [0.1, 0.15) is 11.3 Å². The van der Waals surface area contributed by atoms with Crippen LogP contribution in [0.3, 0.4) is 0 Å². The number of hydrogen-bond donors (Lipinski definition) is 2. The molecule has 35 heavy (non-hydrogen) atoms. The maximum absolute atomic E-state index is 13.4. The molecule has 4 aromatic rings. The number of hydrogen-bond acceptors (Lipinski definition) is 8. The Hall–Kier alpha value is -3.98. The number of nitrogens with one attached hydrogen (secondary N) is 2. The smallest absolute Gasteiger partial charge is 0.316 e. The Bertz CT molecular complexity index is 1490. The topological polar surface area (TPSA) is 110 Å². The zero-order valence-electron chi connectivity index (χ0n) is 20.1. The van der Waals surface area contributed by atoms with Crippen molar-refractivity contribution >= 4 is 39.2 Å². The molecule has 1 fully saturated rings. The summed E-state index contributed by atoms with van der Waals surface area (Å²) in [7, 11) is 1.50. The summed E-state index contributed by atoms with van der Waals surface area (Å²) < 4.78 is 10.9. The molecule has 5 rings (SSSR count). The van der Waals surface area contributed by atoms with Crippen LogP contribution in [-0.2, 0) is 0 Å². The largest absolute Gasteiger partial charge is 0.467 e. The third-order valence-electron chi connectivity index (χ3n) is 6.14. The molecule has 2 atom stereocenters. The normalized spacial score (nSPS) is 18.1. The fraction of sp³-hybridized carbons (Fsp3) is 0.308. The zero-order chi connectivity index (χ0) is 24.7. The summed E-state index contributed by atoms with van der Waals surface area (Å²) in [6, 6.07) is 11.0. The summed E-state index contributed by atoms with van der Waals surface area (Å²) >= 11 is 0. The van der Waals surface area contributed by atoms with Crippen molar-refractivity contribution in [1.82, 2.24) is 15.3 Å². The molecule has 0 saturated carbocycles. The fourth-order valence-electron chi connectivity index (χ4n) is 4.72. The summed E-state index contributed by atoms with van der Waals surface area (Å²) in [6.45, 7) is 7.68. The standard InChI is InChI=1S/C26H27N5O4/c1-14-12-31(13-15(2)28-14)21-8-7-19(24-20(21)11-27-26(30-24)34-4)25(33)29-17-5-6-18-22(32)9-16(3)35-23(18)10-17/h5-11,14-15,28H,12-13H2,1-4H3,(H,29,33). The van der Waals surface area contributed by atoms with E-state index < -0.39 is 0 Å². The van der Waals surface area contributed by atoms with Gasteiger partial charge in [0.15, 0.2) is 5.43 Å². The molecule has 2 N–H and O–H groups in total. The maximum Gasteiger partial charge on any atom is 0.316 e. The third-order valence-corrected chi connectivity index (χ3v) is 6.14. The monoisotopic (exact) mass is 473 g/mol. The van der Waals surface area contributed by atoms with Crippen molar-refractivity contribution in [3.63, 3.8) is 0 Å². The number of nitrogens with zero attached hydrogens (tertiary/aromatic N) is 3. The van der Waals surface area contributed by atoms with Crippen molar-refractivity contribution < 1.29 is 13.9 Å². The van der Waals surface area contributed by atoms with Gasteiger partial charge >= 0.3 is 6.01 Å². The molecule has 0 spiro atoms. The van der Waals surface area contributed by atoms with Crippen molar-refractivity contribution in [3.8, 4) is 6.01 Å². The lowest BCUT2D eigenvalue weighted by Gasteiger charge is -2.38. The molecule has 1 aliphatic heterocycles. The van der Waals surface area contributed by atoms with Crippen LogP contribution in [0.15, 0.2) is 51.8 Å². The summed E-state index contributed by atoms with van der Waals surface area (Å²) in [6.07, 6.45) is 1.71. The first-order valence-corrected chi connectivity index (χ1v) is 11.5. The molecule has 3 heterocycles. The highest BCUT2D eigenvalue weighted by Gasteiger charge is 2.24. The quantitative estimate of drug-likeness (QED) is 0.464. The predicted molar refractivity (Wildman–Crippen MR) is 136 cm³/mol. The van der Waals surface area contributed by atoms with E-state index >= 15 is 0 Å². The molecule has 0 aliphatic carbocycles. The Kier molecular flexibility index (Phi) is 5.86. The van der Waals surface area contributed by atoms with Gasteiger partial charge in [0.05, 0.1) is 23.6 Å². The first-order valence-electron chi connectivity index (χ1n) is 11.5. The molecule has 1 aliphatic rings. The van der Waals surface area contributed by atoms with Crippen LogP contribution < -0.4 is 25.7 Å². The Labute approximate surface area is 202 Å². The van der Waals surface area contributed by atoms with Gasteiger partial charge in [0.25, 0.3) is 5.91 Å². The van der Waals surface area contributed by atoms with Crippen molar-refractivity contribution in [1.29, 1.82) is 0 Å². The van der Waals surface area contributed by atoms with Gasteiger partial charge in [-0.1, -0.05) is 0 Å². The van der Waals surface area contributed by atoms with Gasteiger partial charge in [-0.05, 0) is 45.0 Å². The van der Waals surface area contributed by atoms with Gasteiger partial charge in [-0.2, -0.15) is 4.98 Å². The summed E-state index contributed by atoms with van der Waals surface area (Å²) in [5.41, 5.74) is 2.68. The second-order valence-corrected chi connectivity index (χ2v) is 9.01. The van der Waals surface area contributed by atoms with Crippen LogP contribution in [-0.4, -0.2) is 48.2 Å². The molecule has 9 heteroatoms. The van der Waals surface area contributed by atoms with Gasteiger partial charge in [0.2, 0.25) is 0 Å². The van der Waals surface area contributed by atoms with Gasteiger partial charge < -0.3 is 24.7 Å². The lowest BCUT2D eigenvalue weighted by molar-refractivity contribution is 0.102. The third kappa shape index (κ3) is 4.42. The molecule has 9 nitrogen and oxygen atoms in total. The Morgan fingerprint density at radius 1 is 1.14 bits per heavy atom. The lowest BCUT2D eigenvalue weighted by atomic mass is 10.0. The molecule has 180 valence electrons. The minimum absolute atomic E-state index is 0.122. The summed E-state index contributed by atoms with van der Waals surface area (Å²) in [4.78, 5) is 36.7. The minimum Gasteiger partial charge on any atom is -0.467 e. The van der Waals surface area contributed by atoms with Crippen LogP contribution in [0.1, 0.15) is 30.0 Å². The van der Waals surface area contributed by atoms with E-state index in [1.807, 2.05) is 6.07 Å². The van der Waals surface area contributed by atoms with E-state index in [1.54, 1.807) is 37.4 Å². The Morgan fingerprint density at radius 2 is 1.91 bits per heavy atom. The number of carbonyl (C=O) groups excluding carboxylic acids is 1. The number of aromatic nitrogens is 2. The molecule has 2 aromatic heterocycles. The maximum atomic E-state index is 13.4. The minimum atomic E-state index is -0.335. The van der Waals surface area contributed by atoms with Gasteiger partial charge in [0, 0.05) is 60.3 Å². The van der Waals surface area contributed by atoms with E-state index in [0.717, 1.165) is 24.2 Å². The molecular formula is C26H27N5O4. The zero-order valence-corrected chi connectivity index (χ0v) is 20.1. The van der Waals surface area contributed by atoms with Crippen molar-refractivity contribution in [2.24, 2.45) is 0 Å². The highest BCUT2D eigenvalue weighted by Crippen LogP contribution is 2.31. The number of rotatable bonds is 4. The summed E-state index contributed by atoms with van der Waals surface area (Å²) in [5, 5.41) is 7.68. The predicted octanol–water partition coefficient (Wildman–Crippen LogP) is 3.49. The van der Waals surface area contributed by atoms with E-state index in [4.69, 9.17) is 9.15 Å². The number of anilines is 2. The van der Waals surface area contributed by atoms with Crippen LogP contribution in [0.25, 0.3) is 21.9 Å². The van der Waals surface area contributed by atoms with Crippen LogP contribution in [0.4, 0.5) is 11.4 Å². The molecule has 2 unspecified atom stereocenters. The molecule has 2 aromatic carbocycles. The van der Waals surface area contributed by atoms with Gasteiger partial charge in [-0.15, -0.1) is 0 Å². The average molecular weight is 474 g/mol. The molecule has 1 saturated heterocycles. The van der Waals surface area contributed by atoms with Crippen molar-refractivity contribution in [2.45, 2.75) is 32.9 Å². The van der Waals surface area contributed by atoms with Crippen molar-refractivity contribution in [3.05, 3.63) is 64.1 Å². The second kappa shape index (κ2) is 8.99. The number of amides is 1.